The van der Waals surface area contributed by atoms with Crippen LogP contribution < -0.4 is 5.56 Å². The zero-order valence-corrected chi connectivity index (χ0v) is 14.5. The summed E-state index contributed by atoms with van der Waals surface area (Å²) in [6.45, 7) is 4.69. The van der Waals surface area contributed by atoms with Crippen molar-refractivity contribution in [1.29, 1.82) is 0 Å². The molecule has 0 aliphatic carbocycles. The Balaban J connectivity index is 1.65. The number of hydrogen-bond acceptors (Lipinski definition) is 5. The Labute approximate surface area is 144 Å². The molecule has 0 saturated heterocycles. The number of aryl methyl sites for hydroxylation is 2. The number of aliphatic hydroxyl groups is 1. The molecule has 3 aromatic rings. The SMILES string of the molecule is Cc1sc2ncn(CC(O)COCc3ccccc3)c(=O)c2c1C. The van der Waals surface area contributed by atoms with E-state index in [1.807, 2.05) is 44.2 Å². The average Bonchev–Trinajstić information content (AvgIpc) is 2.86. The first-order valence-electron chi connectivity index (χ1n) is 7.81. The Hall–Kier alpha value is -2.02. The molecule has 0 aliphatic heterocycles. The second kappa shape index (κ2) is 7.25. The first-order chi connectivity index (χ1) is 11.6. The average molecular weight is 344 g/mol. The highest BCUT2D eigenvalue weighted by atomic mass is 32.1. The van der Waals surface area contributed by atoms with Gasteiger partial charge in [-0.2, -0.15) is 0 Å². The molecular formula is C18H20N2O3S. The molecule has 0 radical (unpaired) electrons. The summed E-state index contributed by atoms with van der Waals surface area (Å²) in [6.07, 6.45) is 0.742. The summed E-state index contributed by atoms with van der Waals surface area (Å²) in [6, 6.07) is 9.77. The summed E-state index contributed by atoms with van der Waals surface area (Å²) in [5, 5.41) is 10.8. The normalized spacial score (nSPS) is 12.6. The van der Waals surface area contributed by atoms with Crippen molar-refractivity contribution in [2.45, 2.75) is 33.1 Å². The molecule has 0 spiro atoms. The number of thiophene rings is 1. The zero-order chi connectivity index (χ0) is 17.1. The van der Waals surface area contributed by atoms with Gasteiger partial charge in [0.1, 0.15) is 4.83 Å². The van der Waals surface area contributed by atoms with Gasteiger partial charge in [-0.1, -0.05) is 30.3 Å². The second-order valence-corrected chi connectivity index (χ2v) is 7.02. The lowest BCUT2D eigenvalue weighted by atomic mass is 10.2. The van der Waals surface area contributed by atoms with E-state index in [2.05, 4.69) is 4.98 Å². The second-order valence-electron chi connectivity index (χ2n) is 5.82. The minimum Gasteiger partial charge on any atom is -0.389 e. The third-order valence-electron chi connectivity index (χ3n) is 3.99. The summed E-state index contributed by atoms with van der Waals surface area (Å²) in [4.78, 5) is 18.8. The molecule has 1 unspecified atom stereocenters. The molecule has 0 fully saturated rings. The van der Waals surface area contributed by atoms with E-state index in [1.54, 1.807) is 0 Å². The number of nitrogens with zero attached hydrogens (tertiary/aromatic N) is 2. The van der Waals surface area contributed by atoms with Gasteiger partial charge in [-0.3, -0.25) is 9.36 Å². The molecule has 0 aliphatic rings. The molecular weight excluding hydrogens is 324 g/mol. The van der Waals surface area contributed by atoms with E-state index in [9.17, 15) is 9.90 Å². The van der Waals surface area contributed by atoms with E-state index in [0.29, 0.717) is 12.0 Å². The Morgan fingerprint density at radius 1 is 1.29 bits per heavy atom. The minimum atomic E-state index is -0.759. The quantitative estimate of drug-likeness (QED) is 0.747. The maximum absolute atomic E-state index is 12.6. The Morgan fingerprint density at radius 3 is 2.79 bits per heavy atom. The predicted octanol–water partition coefficient (Wildman–Crippen LogP) is 2.65. The number of aromatic nitrogens is 2. The highest BCUT2D eigenvalue weighted by Crippen LogP contribution is 2.25. The fraction of sp³-hybridized carbons (Fsp3) is 0.333. The fourth-order valence-corrected chi connectivity index (χ4v) is 3.55. The molecule has 2 aromatic heterocycles. The largest absolute Gasteiger partial charge is 0.389 e. The fourth-order valence-electron chi connectivity index (χ4n) is 2.57. The Morgan fingerprint density at radius 2 is 2.04 bits per heavy atom. The maximum Gasteiger partial charge on any atom is 0.262 e. The number of benzene rings is 1. The highest BCUT2D eigenvalue weighted by Gasteiger charge is 2.14. The minimum absolute atomic E-state index is 0.107. The lowest BCUT2D eigenvalue weighted by Crippen LogP contribution is -2.29. The standard InChI is InChI=1S/C18H20N2O3S/c1-12-13(2)24-17-16(12)18(22)20(11-19-17)8-15(21)10-23-9-14-6-4-3-5-7-14/h3-7,11,15,21H,8-10H2,1-2H3. The van der Waals surface area contributed by atoms with E-state index in [-0.39, 0.29) is 18.7 Å². The van der Waals surface area contributed by atoms with Crippen LogP contribution in [0.1, 0.15) is 16.0 Å². The van der Waals surface area contributed by atoms with Gasteiger partial charge in [0.2, 0.25) is 0 Å². The van der Waals surface area contributed by atoms with Gasteiger partial charge in [0, 0.05) is 4.88 Å². The van der Waals surface area contributed by atoms with E-state index in [1.165, 1.54) is 22.2 Å². The maximum atomic E-state index is 12.6. The Bertz CT molecular complexity index is 886. The molecule has 0 saturated carbocycles. The van der Waals surface area contributed by atoms with Gasteiger partial charge in [0.15, 0.2) is 0 Å². The molecule has 5 nitrogen and oxygen atoms in total. The Kier molecular flexibility index (Phi) is 5.08. The van der Waals surface area contributed by atoms with Crippen molar-refractivity contribution in [1.82, 2.24) is 9.55 Å². The van der Waals surface area contributed by atoms with Gasteiger partial charge in [0.05, 0.1) is 37.6 Å². The van der Waals surface area contributed by atoms with Crippen molar-refractivity contribution < 1.29 is 9.84 Å². The molecule has 3 rings (SSSR count). The van der Waals surface area contributed by atoms with Crippen molar-refractivity contribution in [3.05, 3.63) is 63.0 Å². The van der Waals surface area contributed by atoms with Crippen LogP contribution in [0.5, 0.6) is 0 Å². The van der Waals surface area contributed by atoms with Gasteiger partial charge in [-0.15, -0.1) is 11.3 Å². The lowest BCUT2D eigenvalue weighted by molar-refractivity contribution is 0.0198. The van der Waals surface area contributed by atoms with Crippen molar-refractivity contribution in [3.63, 3.8) is 0 Å². The van der Waals surface area contributed by atoms with E-state index < -0.39 is 6.10 Å². The van der Waals surface area contributed by atoms with Crippen LogP contribution >= 0.6 is 11.3 Å². The summed E-state index contributed by atoms with van der Waals surface area (Å²) < 4.78 is 6.98. The van der Waals surface area contributed by atoms with E-state index in [0.717, 1.165) is 20.8 Å². The third-order valence-corrected chi connectivity index (χ3v) is 5.10. The molecule has 1 N–H and O–H groups in total. The smallest absolute Gasteiger partial charge is 0.262 e. The lowest BCUT2D eigenvalue weighted by Gasteiger charge is -2.13. The summed E-state index contributed by atoms with van der Waals surface area (Å²) in [5.74, 6) is 0. The van der Waals surface area contributed by atoms with Crippen molar-refractivity contribution in [3.8, 4) is 0 Å². The van der Waals surface area contributed by atoms with Crippen molar-refractivity contribution in [2.24, 2.45) is 0 Å². The molecule has 6 heteroatoms. The number of hydrogen-bond donors (Lipinski definition) is 1. The number of fused-ring (bicyclic) bond motifs is 1. The molecule has 0 bridgehead atoms. The van der Waals surface area contributed by atoms with Gasteiger partial charge >= 0.3 is 0 Å². The number of rotatable bonds is 6. The molecule has 24 heavy (non-hydrogen) atoms. The zero-order valence-electron chi connectivity index (χ0n) is 13.7. The molecule has 2 heterocycles. The summed E-state index contributed by atoms with van der Waals surface area (Å²) in [5.41, 5.74) is 1.91. The first kappa shape index (κ1) is 16.8. The van der Waals surface area contributed by atoms with Crippen molar-refractivity contribution >= 4 is 21.6 Å². The van der Waals surface area contributed by atoms with Crippen LogP contribution in [0, 0.1) is 13.8 Å². The van der Waals surface area contributed by atoms with Crippen LogP contribution in [0.15, 0.2) is 41.5 Å². The van der Waals surface area contributed by atoms with Crippen LogP contribution in [0.2, 0.25) is 0 Å². The third kappa shape index (κ3) is 3.56. The van der Waals surface area contributed by atoms with E-state index in [4.69, 9.17) is 4.74 Å². The molecule has 0 amide bonds. The van der Waals surface area contributed by atoms with Crippen LogP contribution in [0.4, 0.5) is 0 Å². The van der Waals surface area contributed by atoms with Crippen LogP contribution in [-0.2, 0) is 17.9 Å². The monoisotopic (exact) mass is 344 g/mol. The van der Waals surface area contributed by atoms with Gasteiger partial charge < -0.3 is 9.84 Å². The molecule has 1 aromatic carbocycles. The van der Waals surface area contributed by atoms with Gasteiger partial charge in [-0.05, 0) is 25.0 Å². The molecule has 1 atom stereocenters. The van der Waals surface area contributed by atoms with Gasteiger partial charge in [0.25, 0.3) is 5.56 Å². The number of aliphatic hydroxyl groups excluding tert-OH is 1. The van der Waals surface area contributed by atoms with Crippen LogP contribution in [-0.4, -0.2) is 27.4 Å². The van der Waals surface area contributed by atoms with Gasteiger partial charge in [-0.25, -0.2) is 4.98 Å². The highest BCUT2D eigenvalue weighted by molar-refractivity contribution is 7.18. The predicted molar refractivity (Wildman–Crippen MR) is 95.5 cm³/mol. The topological polar surface area (TPSA) is 64.3 Å². The number of ether oxygens (including phenoxy) is 1. The van der Waals surface area contributed by atoms with Crippen molar-refractivity contribution in [2.75, 3.05) is 6.61 Å². The molecule has 126 valence electrons. The summed E-state index contributed by atoms with van der Waals surface area (Å²) in [7, 11) is 0. The van der Waals surface area contributed by atoms with Crippen LogP contribution in [0.3, 0.4) is 0 Å². The van der Waals surface area contributed by atoms with E-state index >= 15 is 0 Å². The summed E-state index contributed by atoms with van der Waals surface area (Å²) >= 11 is 1.52. The van der Waals surface area contributed by atoms with Crippen LogP contribution in [0.25, 0.3) is 10.2 Å². The first-order valence-corrected chi connectivity index (χ1v) is 8.62.